The third kappa shape index (κ3) is 3.21. The Bertz CT molecular complexity index is 1080. The number of benzene rings is 2. The third-order valence-electron chi connectivity index (χ3n) is 5.43. The number of nitrogens with zero attached hydrogens (tertiary/aromatic N) is 2. The van der Waals surface area contributed by atoms with Crippen LogP contribution in [-0.4, -0.2) is 35.9 Å². The van der Waals surface area contributed by atoms with Crippen LogP contribution < -0.4 is 9.47 Å². The van der Waals surface area contributed by atoms with E-state index in [0.29, 0.717) is 32.7 Å². The number of allylic oxidation sites excluding steroid dienone is 1. The summed E-state index contributed by atoms with van der Waals surface area (Å²) in [6.07, 6.45) is 0.0678. The van der Waals surface area contributed by atoms with E-state index in [4.69, 9.17) is 21.1 Å². The molecule has 0 aromatic heterocycles. The quantitative estimate of drug-likeness (QED) is 0.770. The van der Waals surface area contributed by atoms with Crippen LogP contribution in [0.2, 0.25) is 5.02 Å². The lowest BCUT2D eigenvalue weighted by molar-refractivity contribution is -0.149. The molecule has 0 unspecified atom stereocenters. The van der Waals surface area contributed by atoms with Crippen molar-refractivity contribution >= 4 is 29.3 Å². The number of thioether (sulfide) groups is 1. The minimum Gasteiger partial charge on any atom is -0.493 e. The lowest BCUT2D eigenvalue weighted by atomic mass is 9.85. The van der Waals surface area contributed by atoms with Gasteiger partial charge in [-0.3, -0.25) is 9.69 Å². The summed E-state index contributed by atoms with van der Waals surface area (Å²) in [5.41, 5.74) is 0.278. The average molecular weight is 443 g/mol. The topological polar surface area (TPSA) is 82.8 Å². The highest BCUT2D eigenvalue weighted by molar-refractivity contribution is 8.03. The van der Waals surface area contributed by atoms with Crippen LogP contribution in [0.4, 0.5) is 0 Å². The summed E-state index contributed by atoms with van der Waals surface area (Å²) < 4.78 is 10.7. The highest BCUT2D eigenvalue weighted by Gasteiger charge is 2.51. The molecular weight excluding hydrogens is 424 g/mol. The van der Waals surface area contributed by atoms with Crippen molar-refractivity contribution in [2.75, 3.05) is 20.0 Å². The van der Waals surface area contributed by atoms with Crippen LogP contribution in [0.5, 0.6) is 11.5 Å². The van der Waals surface area contributed by atoms with Crippen molar-refractivity contribution < 1.29 is 19.4 Å². The van der Waals surface area contributed by atoms with Crippen LogP contribution in [0.3, 0.4) is 0 Å². The number of aliphatic hydroxyl groups is 1. The molecule has 2 atom stereocenters. The third-order valence-corrected chi connectivity index (χ3v) is 6.90. The summed E-state index contributed by atoms with van der Waals surface area (Å²) in [4.78, 5) is 14.5. The van der Waals surface area contributed by atoms with E-state index in [0.717, 1.165) is 5.56 Å². The van der Waals surface area contributed by atoms with Gasteiger partial charge in [0.05, 0.1) is 36.6 Å². The zero-order chi connectivity index (χ0) is 21.5. The van der Waals surface area contributed by atoms with E-state index in [1.807, 2.05) is 6.07 Å². The van der Waals surface area contributed by atoms with Gasteiger partial charge in [0.15, 0.2) is 17.2 Å². The Morgan fingerprint density at radius 3 is 2.53 bits per heavy atom. The van der Waals surface area contributed by atoms with E-state index in [1.54, 1.807) is 43.5 Å². The maximum Gasteiger partial charge on any atom is 0.231 e. The van der Waals surface area contributed by atoms with E-state index in [2.05, 4.69) is 6.07 Å². The summed E-state index contributed by atoms with van der Waals surface area (Å²) >= 11 is 7.28. The molecule has 2 aromatic carbocycles. The fourth-order valence-electron chi connectivity index (χ4n) is 3.91. The van der Waals surface area contributed by atoms with E-state index in [-0.39, 0.29) is 18.1 Å². The number of carbonyl (C=O) groups excluding carboxylic acids is 1. The fraction of sp³-hybridized carbons (Fsp3) is 0.273. The van der Waals surface area contributed by atoms with Crippen LogP contribution in [0.15, 0.2) is 53.1 Å². The first-order valence-electron chi connectivity index (χ1n) is 9.23. The first-order chi connectivity index (χ1) is 14.4. The van der Waals surface area contributed by atoms with Crippen molar-refractivity contribution in [2.24, 2.45) is 0 Å². The fourth-order valence-corrected chi connectivity index (χ4v) is 5.39. The van der Waals surface area contributed by atoms with Gasteiger partial charge in [-0.2, -0.15) is 5.26 Å². The number of ether oxygens (including phenoxy) is 2. The number of hydrogen-bond donors (Lipinski definition) is 1. The summed E-state index contributed by atoms with van der Waals surface area (Å²) in [5.74, 6) is 0.673. The number of carbonyl (C=O) groups is 1. The second-order valence-electron chi connectivity index (χ2n) is 7.04. The Kier molecular flexibility index (Phi) is 5.41. The number of hydrogen-bond acceptors (Lipinski definition) is 6. The second-order valence-corrected chi connectivity index (χ2v) is 8.44. The Labute approximate surface area is 183 Å². The number of methoxy groups -OCH3 is 2. The summed E-state index contributed by atoms with van der Waals surface area (Å²) in [6.45, 7) is 0. The molecule has 2 aliphatic rings. The van der Waals surface area contributed by atoms with Gasteiger partial charge in [-0.05, 0) is 29.8 Å². The summed E-state index contributed by atoms with van der Waals surface area (Å²) in [7, 11) is 3.09. The van der Waals surface area contributed by atoms with E-state index >= 15 is 0 Å². The van der Waals surface area contributed by atoms with Crippen LogP contribution >= 0.6 is 23.4 Å². The zero-order valence-electron chi connectivity index (χ0n) is 16.4. The Morgan fingerprint density at radius 1 is 1.20 bits per heavy atom. The molecule has 2 heterocycles. The van der Waals surface area contributed by atoms with Crippen molar-refractivity contribution in [1.82, 2.24) is 4.90 Å². The molecule has 154 valence electrons. The van der Waals surface area contributed by atoms with E-state index in [9.17, 15) is 15.2 Å². The zero-order valence-corrected chi connectivity index (χ0v) is 18.0. The molecule has 4 rings (SSSR count). The van der Waals surface area contributed by atoms with Crippen LogP contribution in [0, 0.1) is 11.3 Å². The first kappa shape index (κ1) is 20.6. The summed E-state index contributed by atoms with van der Waals surface area (Å²) in [5, 5.41) is 22.4. The van der Waals surface area contributed by atoms with E-state index in [1.165, 1.54) is 23.8 Å². The van der Waals surface area contributed by atoms with Gasteiger partial charge in [0, 0.05) is 22.9 Å². The molecule has 0 radical (unpaired) electrons. The number of rotatable bonds is 4. The maximum absolute atomic E-state index is 13.2. The minimum absolute atomic E-state index is 0.0678. The highest BCUT2D eigenvalue weighted by atomic mass is 35.5. The Balaban J connectivity index is 1.78. The SMILES string of the molecule is COc1ccc([C@H]2CC(=O)N3C(=C2C#N)SC[C@@]3(O)c2ccc(Cl)cc2)cc1OC. The number of amides is 1. The van der Waals surface area contributed by atoms with Gasteiger partial charge in [0.1, 0.15) is 0 Å². The highest BCUT2D eigenvalue weighted by Crippen LogP contribution is 2.52. The smallest absolute Gasteiger partial charge is 0.231 e. The molecule has 1 fully saturated rings. The van der Waals surface area contributed by atoms with Crippen molar-refractivity contribution in [1.29, 1.82) is 5.26 Å². The molecule has 1 amide bonds. The van der Waals surface area contributed by atoms with Gasteiger partial charge in [-0.15, -0.1) is 11.8 Å². The largest absolute Gasteiger partial charge is 0.493 e. The number of fused-ring (bicyclic) bond motifs is 1. The van der Waals surface area contributed by atoms with Gasteiger partial charge in [-0.25, -0.2) is 0 Å². The van der Waals surface area contributed by atoms with Crippen molar-refractivity contribution in [2.45, 2.75) is 18.1 Å². The average Bonchev–Trinajstić information content (AvgIpc) is 3.12. The van der Waals surface area contributed by atoms with Crippen molar-refractivity contribution in [3.8, 4) is 17.6 Å². The molecular formula is C22H19ClN2O4S. The first-order valence-corrected chi connectivity index (χ1v) is 10.6. The lowest BCUT2D eigenvalue weighted by Crippen LogP contribution is -2.48. The molecule has 0 spiro atoms. The van der Waals surface area contributed by atoms with Gasteiger partial charge in [0.25, 0.3) is 0 Å². The van der Waals surface area contributed by atoms with E-state index < -0.39 is 11.6 Å². The standard InChI is InChI=1S/C22H19ClN2O4S/c1-28-18-8-3-13(9-19(18)29-2)16-10-20(26)25-21(17(16)11-24)30-12-22(25,27)14-4-6-15(23)7-5-14/h3-9,16,27H,10,12H2,1-2H3/t16-,22-/m1/s1. The molecule has 2 aliphatic heterocycles. The minimum atomic E-state index is -1.52. The molecule has 0 aliphatic carbocycles. The predicted molar refractivity (Wildman–Crippen MR) is 114 cm³/mol. The molecule has 0 bridgehead atoms. The van der Waals surface area contributed by atoms with Gasteiger partial charge in [0.2, 0.25) is 5.91 Å². The van der Waals surface area contributed by atoms with Crippen LogP contribution in [0.1, 0.15) is 23.5 Å². The number of halogens is 1. The van der Waals surface area contributed by atoms with Gasteiger partial charge in [-0.1, -0.05) is 29.8 Å². The molecule has 1 N–H and O–H groups in total. The van der Waals surface area contributed by atoms with Crippen molar-refractivity contribution in [3.63, 3.8) is 0 Å². The van der Waals surface area contributed by atoms with Crippen LogP contribution in [-0.2, 0) is 10.5 Å². The Hall–Kier alpha value is -2.66. The molecule has 6 nitrogen and oxygen atoms in total. The number of nitriles is 1. The normalized spacial score (nSPS) is 23.2. The van der Waals surface area contributed by atoms with Gasteiger partial charge < -0.3 is 14.6 Å². The monoisotopic (exact) mass is 442 g/mol. The molecule has 1 saturated heterocycles. The Morgan fingerprint density at radius 2 is 1.90 bits per heavy atom. The van der Waals surface area contributed by atoms with Gasteiger partial charge >= 0.3 is 0 Å². The molecule has 0 saturated carbocycles. The second kappa shape index (κ2) is 7.88. The summed E-state index contributed by atoms with van der Waals surface area (Å²) in [6, 6.07) is 14.4. The molecule has 30 heavy (non-hydrogen) atoms. The maximum atomic E-state index is 13.2. The lowest BCUT2D eigenvalue weighted by Gasteiger charge is -2.38. The molecule has 2 aromatic rings. The van der Waals surface area contributed by atoms with Crippen molar-refractivity contribution in [3.05, 3.63) is 69.2 Å². The van der Waals surface area contributed by atoms with Crippen LogP contribution in [0.25, 0.3) is 0 Å². The predicted octanol–water partition coefficient (Wildman–Crippen LogP) is 4.00. The molecule has 8 heteroatoms.